The van der Waals surface area contributed by atoms with Crippen molar-refractivity contribution in [3.63, 3.8) is 0 Å². The van der Waals surface area contributed by atoms with Gasteiger partial charge in [0.05, 0.1) is 0 Å². The Kier molecular flexibility index (Phi) is 3.67. The molecule has 0 bridgehead atoms. The molecule has 0 spiro atoms. The molecule has 1 nitrogen and oxygen atoms in total. The molecule has 1 fully saturated rings. The van der Waals surface area contributed by atoms with Crippen LogP contribution in [0, 0.1) is 0 Å². The zero-order valence-corrected chi connectivity index (χ0v) is 9.13. The first-order valence-electron chi connectivity index (χ1n) is 5.59. The number of halogens is 2. The standard InChI is InChI=1S/C13H15F2N/c14-13(15)12(10-16-8-4-5-9-16)11-6-2-1-3-7-11/h1-3,6-7H,4-5,8-10H2. The van der Waals surface area contributed by atoms with Crippen LogP contribution in [0.25, 0.3) is 5.57 Å². The molecule has 1 heterocycles. The summed E-state index contributed by atoms with van der Waals surface area (Å²) in [6.07, 6.45) is 0.685. The molecule has 1 saturated heterocycles. The van der Waals surface area contributed by atoms with Gasteiger partial charge in [0, 0.05) is 12.1 Å². The van der Waals surface area contributed by atoms with Crippen molar-refractivity contribution in [3.05, 3.63) is 42.0 Å². The fourth-order valence-corrected chi connectivity index (χ4v) is 2.06. The highest BCUT2D eigenvalue weighted by Crippen LogP contribution is 2.23. The van der Waals surface area contributed by atoms with Gasteiger partial charge in [0.15, 0.2) is 0 Å². The summed E-state index contributed by atoms with van der Waals surface area (Å²) in [4.78, 5) is 2.08. The summed E-state index contributed by atoms with van der Waals surface area (Å²) in [5.41, 5.74) is 0.803. The van der Waals surface area contributed by atoms with Gasteiger partial charge < -0.3 is 0 Å². The zero-order chi connectivity index (χ0) is 11.4. The third kappa shape index (κ3) is 2.67. The largest absolute Gasteiger partial charge is 0.299 e. The van der Waals surface area contributed by atoms with Gasteiger partial charge >= 0.3 is 0 Å². The van der Waals surface area contributed by atoms with E-state index in [0.717, 1.165) is 25.9 Å². The number of nitrogens with zero attached hydrogens (tertiary/aromatic N) is 1. The molecule has 0 aliphatic carbocycles. The highest BCUT2D eigenvalue weighted by Gasteiger charge is 2.17. The van der Waals surface area contributed by atoms with Crippen LogP contribution in [0.5, 0.6) is 0 Å². The average molecular weight is 223 g/mol. The van der Waals surface area contributed by atoms with Crippen molar-refractivity contribution in [1.82, 2.24) is 4.90 Å². The molecule has 0 N–H and O–H groups in total. The van der Waals surface area contributed by atoms with E-state index in [1.165, 1.54) is 0 Å². The molecule has 86 valence electrons. The van der Waals surface area contributed by atoms with Crippen molar-refractivity contribution in [1.29, 1.82) is 0 Å². The molecule has 0 amide bonds. The Morgan fingerprint density at radius 3 is 2.25 bits per heavy atom. The summed E-state index contributed by atoms with van der Waals surface area (Å²) in [6, 6.07) is 8.91. The number of likely N-dealkylation sites (tertiary alicyclic amines) is 1. The van der Waals surface area contributed by atoms with E-state index in [1.807, 2.05) is 6.07 Å². The van der Waals surface area contributed by atoms with E-state index >= 15 is 0 Å². The number of benzene rings is 1. The van der Waals surface area contributed by atoms with Gasteiger partial charge in [0.25, 0.3) is 6.08 Å². The van der Waals surface area contributed by atoms with Crippen molar-refractivity contribution in [2.75, 3.05) is 19.6 Å². The van der Waals surface area contributed by atoms with Crippen LogP contribution >= 0.6 is 0 Å². The molecule has 3 heteroatoms. The average Bonchev–Trinajstić information content (AvgIpc) is 2.79. The van der Waals surface area contributed by atoms with Gasteiger partial charge in [0.1, 0.15) is 0 Å². The second-order valence-corrected chi connectivity index (χ2v) is 4.09. The molecule has 0 saturated carbocycles. The van der Waals surface area contributed by atoms with Gasteiger partial charge in [-0.3, -0.25) is 4.90 Å². The van der Waals surface area contributed by atoms with Crippen molar-refractivity contribution in [2.45, 2.75) is 12.8 Å². The highest BCUT2D eigenvalue weighted by molar-refractivity contribution is 5.67. The summed E-state index contributed by atoms with van der Waals surface area (Å²) in [7, 11) is 0. The van der Waals surface area contributed by atoms with Crippen molar-refractivity contribution in [3.8, 4) is 0 Å². The van der Waals surface area contributed by atoms with Crippen molar-refractivity contribution < 1.29 is 8.78 Å². The predicted octanol–water partition coefficient (Wildman–Crippen LogP) is 3.39. The summed E-state index contributed by atoms with van der Waals surface area (Å²) in [5, 5.41) is 0. The maximum absolute atomic E-state index is 12.9. The van der Waals surface area contributed by atoms with Crippen molar-refractivity contribution >= 4 is 5.57 Å². The van der Waals surface area contributed by atoms with Crippen molar-refractivity contribution in [2.24, 2.45) is 0 Å². The second-order valence-electron chi connectivity index (χ2n) is 4.09. The Bertz CT molecular complexity index is 363. The predicted molar refractivity (Wildman–Crippen MR) is 61.3 cm³/mol. The van der Waals surface area contributed by atoms with E-state index in [4.69, 9.17) is 0 Å². The Balaban J connectivity index is 2.16. The second kappa shape index (κ2) is 5.21. The first kappa shape index (κ1) is 11.3. The maximum Gasteiger partial charge on any atom is 0.275 e. The third-order valence-corrected chi connectivity index (χ3v) is 2.93. The summed E-state index contributed by atoms with van der Waals surface area (Å²) in [5.74, 6) is 0. The molecule has 0 radical (unpaired) electrons. The van der Waals surface area contributed by atoms with Gasteiger partial charge in [-0.05, 0) is 31.5 Å². The Morgan fingerprint density at radius 2 is 1.69 bits per heavy atom. The van der Waals surface area contributed by atoms with Gasteiger partial charge in [-0.2, -0.15) is 8.78 Å². The topological polar surface area (TPSA) is 3.24 Å². The molecule has 1 aliphatic heterocycles. The summed E-state index contributed by atoms with van der Waals surface area (Å²) in [6.45, 7) is 2.24. The molecule has 1 aromatic carbocycles. The maximum atomic E-state index is 12.9. The Morgan fingerprint density at radius 1 is 1.06 bits per heavy atom. The van der Waals surface area contributed by atoms with Gasteiger partial charge in [0.2, 0.25) is 0 Å². The molecule has 0 aromatic heterocycles. The van der Waals surface area contributed by atoms with Crippen LogP contribution in [0.4, 0.5) is 8.78 Å². The molecule has 0 atom stereocenters. The lowest BCUT2D eigenvalue weighted by Gasteiger charge is -2.16. The lowest BCUT2D eigenvalue weighted by Crippen LogP contribution is -2.21. The third-order valence-electron chi connectivity index (χ3n) is 2.93. The molecule has 1 aromatic rings. The lowest BCUT2D eigenvalue weighted by atomic mass is 10.1. The highest BCUT2D eigenvalue weighted by atomic mass is 19.3. The fraction of sp³-hybridized carbons (Fsp3) is 0.385. The molecular formula is C13H15F2N. The molecule has 16 heavy (non-hydrogen) atoms. The van der Waals surface area contributed by atoms with Crippen LogP contribution < -0.4 is 0 Å². The monoisotopic (exact) mass is 223 g/mol. The van der Waals surface area contributed by atoms with E-state index in [9.17, 15) is 8.78 Å². The van der Waals surface area contributed by atoms with Crippen LogP contribution in [0.1, 0.15) is 18.4 Å². The van der Waals surface area contributed by atoms with Gasteiger partial charge in [-0.1, -0.05) is 30.3 Å². The van der Waals surface area contributed by atoms with Gasteiger partial charge in [-0.25, -0.2) is 0 Å². The normalized spacial score (nSPS) is 16.4. The molecular weight excluding hydrogens is 208 g/mol. The first-order valence-corrected chi connectivity index (χ1v) is 5.59. The van der Waals surface area contributed by atoms with Crippen LogP contribution in [-0.4, -0.2) is 24.5 Å². The smallest absolute Gasteiger partial charge is 0.275 e. The number of rotatable bonds is 3. The van der Waals surface area contributed by atoms with E-state index in [-0.39, 0.29) is 5.57 Å². The Labute approximate surface area is 94.4 Å². The minimum atomic E-state index is -1.56. The molecule has 1 aliphatic rings. The number of hydrogen-bond acceptors (Lipinski definition) is 1. The van der Waals surface area contributed by atoms with E-state index in [0.29, 0.717) is 12.1 Å². The minimum Gasteiger partial charge on any atom is -0.299 e. The fourth-order valence-electron chi connectivity index (χ4n) is 2.06. The molecule has 0 unspecified atom stereocenters. The Hall–Kier alpha value is -1.22. The van der Waals surface area contributed by atoms with E-state index in [1.54, 1.807) is 24.3 Å². The van der Waals surface area contributed by atoms with E-state index in [2.05, 4.69) is 4.90 Å². The van der Waals surface area contributed by atoms with Crippen LogP contribution in [-0.2, 0) is 0 Å². The first-order chi connectivity index (χ1) is 7.77. The SMILES string of the molecule is FC(F)=C(CN1CCCC1)c1ccccc1. The zero-order valence-electron chi connectivity index (χ0n) is 9.13. The summed E-state index contributed by atoms with van der Waals surface area (Å²) < 4.78 is 25.8. The quantitative estimate of drug-likeness (QED) is 0.759. The lowest BCUT2D eigenvalue weighted by molar-refractivity contribution is 0.367. The summed E-state index contributed by atoms with van der Waals surface area (Å²) >= 11 is 0. The van der Waals surface area contributed by atoms with Crippen LogP contribution in [0.3, 0.4) is 0 Å². The van der Waals surface area contributed by atoms with E-state index < -0.39 is 6.08 Å². The minimum absolute atomic E-state index is 0.169. The number of hydrogen-bond donors (Lipinski definition) is 0. The molecule has 2 rings (SSSR count). The van der Waals surface area contributed by atoms with Crippen LogP contribution in [0.15, 0.2) is 36.4 Å². The van der Waals surface area contributed by atoms with Crippen LogP contribution in [0.2, 0.25) is 0 Å². The van der Waals surface area contributed by atoms with Gasteiger partial charge in [-0.15, -0.1) is 0 Å².